The van der Waals surface area contributed by atoms with E-state index in [4.69, 9.17) is 8.85 Å². The highest BCUT2D eigenvalue weighted by molar-refractivity contribution is 6.66. The molecule has 1 N–H and O–H groups in total. The molecular formula is C20H33F3O3Si. The Kier molecular flexibility index (Phi) is 4.81. The van der Waals surface area contributed by atoms with Gasteiger partial charge in [-0.15, -0.1) is 0 Å². The van der Waals surface area contributed by atoms with E-state index in [1.165, 1.54) is 12.8 Å². The molecule has 0 aromatic carbocycles. The van der Waals surface area contributed by atoms with Gasteiger partial charge in [0.15, 0.2) is 5.60 Å². The van der Waals surface area contributed by atoms with Gasteiger partial charge >= 0.3 is 14.7 Å². The maximum Gasteiger partial charge on any atom is 0.416 e. The molecule has 4 aliphatic rings. The van der Waals surface area contributed by atoms with Crippen molar-refractivity contribution in [1.29, 1.82) is 0 Å². The van der Waals surface area contributed by atoms with Crippen molar-refractivity contribution in [3.8, 4) is 0 Å². The standard InChI is InChI=1S/C20H33F3O3Si/c1-19(24,20(21,22)23)9-13-5-11-7-15(13)17-12-6-14(16(8-12)18(11)17)10-27(4,25-2)26-3/h11-18,24H,5-10H2,1-4H3. The first kappa shape index (κ1) is 20.2. The Morgan fingerprint density at radius 3 is 1.89 bits per heavy atom. The lowest BCUT2D eigenvalue weighted by atomic mass is 9.63. The first-order chi connectivity index (χ1) is 12.5. The summed E-state index contributed by atoms with van der Waals surface area (Å²) in [5.41, 5.74) is -2.55. The molecule has 4 fully saturated rings. The minimum atomic E-state index is -4.54. The van der Waals surface area contributed by atoms with Crippen LogP contribution in [-0.4, -0.2) is 39.7 Å². The molecule has 27 heavy (non-hydrogen) atoms. The van der Waals surface area contributed by atoms with E-state index in [1.807, 2.05) is 0 Å². The normalized spacial score (nSPS) is 45.3. The van der Waals surface area contributed by atoms with E-state index in [1.54, 1.807) is 14.2 Å². The maximum absolute atomic E-state index is 13.2. The van der Waals surface area contributed by atoms with Gasteiger partial charge in [0, 0.05) is 14.2 Å². The molecule has 4 aliphatic carbocycles. The molecule has 9 unspecified atom stereocenters. The van der Waals surface area contributed by atoms with Gasteiger partial charge in [-0.3, -0.25) is 0 Å². The second kappa shape index (κ2) is 6.44. The first-order valence-electron chi connectivity index (χ1n) is 10.4. The Bertz CT molecular complexity index is 577. The van der Waals surface area contributed by atoms with Crippen molar-refractivity contribution in [2.45, 2.75) is 63.4 Å². The molecule has 0 saturated heterocycles. The molecule has 4 rings (SSSR count). The summed E-state index contributed by atoms with van der Waals surface area (Å²) >= 11 is 0. The highest BCUT2D eigenvalue weighted by Gasteiger charge is 2.66. The van der Waals surface area contributed by atoms with E-state index in [0.29, 0.717) is 41.4 Å². The minimum Gasteiger partial charge on any atom is -0.398 e. The summed E-state index contributed by atoms with van der Waals surface area (Å²) in [6.45, 7) is 3.08. The molecule has 3 nitrogen and oxygen atoms in total. The number of rotatable bonds is 6. The van der Waals surface area contributed by atoms with Crippen LogP contribution in [0.15, 0.2) is 0 Å². The van der Waals surface area contributed by atoms with Crippen LogP contribution in [0, 0.1) is 47.3 Å². The fourth-order valence-electron chi connectivity index (χ4n) is 7.70. The van der Waals surface area contributed by atoms with Crippen molar-refractivity contribution in [3.05, 3.63) is 0 Å². The van der Waals surface area contributed by atoms with Gasteiger partial charge in [-0.1, -0.05) is 0 Å². The third kappa shape index (κ3) is 3.11. The average Bonchev–Trinajstić information content (AvgIpc) is 3.31. The predicted molar refractivity (Wildman–Crippen MR) is 98.1 cm³/mol. The summed E-state index contributed by atoms with van der Waals surface area (Å²) in [4.78, 5) is 0. The van der Waals surface area contributed by atoms with Crippen molar-refractivity contribution in [2.75, 3.05) is 14.2 Å². The van der Waals surface area contributed by atoms with Crippen LogP contribution in [0.25, 0.3) is 0 Å². The zero-order valence-electron chi connectivity index (χ0n) is 16.8. The lowest BCUT2D eigenvalue weighted by Gasteiger charge is -2.44. The van der Waals surface area contributed by atoms with Crippen LogP contribution >= 0.6 is 0 Å². The Morgan fingerprint density at radius 1 is 0.926 bits per heavy atom. The lowest BCUT2D eigenvalue weighted by molar-refractivity contribution is -0.260. The van der Waals surface area contributed by atoms with E-state index < -0.39 is 20.3 Å². The number of aliphatic hydroxyl groups is 1. The molecule has 4 saturated carbocycles. The number of hydrogen-bond donors (Lipinski definition) is 1. The summed E-state index contributed by atoms with van der Waals surface area (Å²) in [7, 11) is 1.41. The van der Waals surface area contributed by atoms with Gasteiger partial charge in [-0.2, -0.15) is 13.2 Å². The number of fused-ring (bicyclic) bond motifs is 9. The topological polar surface area (TPSA) is 38.7 Å². The van der Waals surface area contributed by atoms with Gasteiger partial charge in [0.05, 0.1) is 0 Å². The minimum absolute atomic E-state index is 0.0308. The number of halogens is 3. The second-order valence-electron chi connectivity index (χ2n) is 10.2. The molecular weight excluding hydrogens is 373 g/mol. The smallest absolute Gasteiger partial charge is 0.398 e. The van der Waals surface area contributed by atoms with Crippen LogP contribution in [0.3, 0.4) is 0 Å². The van der Waals surface area contributed by atoms with Gasteiger partial charge in [0.1, 0.15) is 0 Å². The van der Waals surface area contributed by atoms with Crippen LogP contribution in [0.2, 0.25) is 12.6 Å². The molecule has 156 valence electrons. The van der Waals surface area contributed by atoms with Crippen LogP contribution in [0.4, 0.5) is 13.2 Å². The van der Waals surface area contributed by atoms with E-state index in [9.17, 15) is 18.3 Å². The molecule has 0 radical (unpaired) electrons. The van der Waals surface area contributed by atoms with E-state index >= 15 is 0 Å². The van der Waals surface area contributed by atoms with Crippen molar-refractivity contribution >= 4 is 8.56 Å². The third-order valence-corrected chi connectivity index (χ3v) is 11.9. The Balaban J connectivity index is 1.44. The lowest BCUT2D eigenvalue weighted by Crippen LogP contribution is -2.46. The van der Waals surface area contributed by atoms with Gasteiger partial charge in [-0.25, -0.2) is 0 Å². The Morgan fingerprint density at radius 2 is 1.41 bits per heavy atom. The maximum atomic E-state index is 13.2. The van der Waals surface area contributed by atoms with Crippen LogP contribution in [0.1, 0.15) is 39.0 Å². The third-order valence-electron chi connectivity index (χ3n) is 8.86. The van der Waals surface area contributed by atoms with Gasteiger partial charge in [-0.05, 0) is 99.0 Å². The SMILES string of the molecule is CO[Si](C)(CC1CC2CC1C1C3CC(CC(C)(O)C(F)(F)F)C(C3)C21)OC. The average molecular weight is 407 g/mol. The number of alkyl halides is 3. The highest BCUT2D eigenvalue weighted by atomic mass is 28.4. The second-order valence-corrected chi connectivity index (χ2v) is 13.7. The van der Waals surface area contributed by atoms with Gasteiger partial charge < -0.3 is 14.0 Å². The van der Waals surface area contributed by atoms with E-state index in [0.717, 1.165) is 25.8 Å². The number of hydrogen-bond acceptors (Lipinski definition) is 3. The van der Waals surface area contributed by atoms with Crippen LogP contribution in [-0.2, 0) is 8.85 Å². The summed E-state index contributed by atoms with van der Waals surface area (Å²) in [5, 5.41) is 9.99. The van der Waals surface area contributed by atoms with E-state index in [-0.39, 0.29) is 12.3 Å². The molecule has 4 bridgehead atoms. The summed E-state index contributed by atoms with van der Waals surface area (Å²) in [6, 6.07) is 1.04. The molecule has 0 aromatic heterocycles. The van der Waals surface area contributed by atoms with E-state index in [2.05, 4.69) is 6.55 Å². The first-order valence-corrected chi connectivity index (χ1v) is 12.9. The molecule has 0 spiro atoms. The fraction of sp³-hybridized carbons (Fsp3) is 1.00. The summed E-state index contributed by atoms with van der Waals surface area (Å²) in [5.74, 6) is 4.28. The van der Waals surface area contributed by atoms with Crippen molar-refractivity contribution in [1.82, 2.24) is 0 Å². The fourth-order valence-corrected chi connectivity index (χ4v) is 9.62. The van der Waals surface area contributed by atoms with Gasteiger partial charge in [0.2, 0.25) is 0 Å². The molecule has 0 aromatic rings. The molecule has 7 heteroatoms. The molecule has 0 aliphatic heterocycles. The van der Waals surface area contributed by atoms with Crippen molar-refractivity contribution < 1.29 is 27.1 Å². The Labute approximate surface area is 161 Å². The molecule has 0 amide bonds. The molecule has 0 heterocycles. The van der Waals surface area contributed by atoms with Crippen molar-refractivity contribution in [2.24, 2.45) is 47.3 Å². The quantitative estimate of drug-likeness (QED) is 0.518. The predicted octanol–water partition coefficient (Wildman–Crippen LogP) is 4.60. The summed E-state index contributed by atoms with van der Waals surface area (Å²) < 4.78 is 50.9. The molecule has 9 atom stereocenters. The highest BCUT2D eigenvalue weighted by Crippen LogP contribution is 2.71. The van der Waals surface area contributed by atoms with Crippen LogP contribution in [0.5, 0.6) is 0 Å². The van der Waals surface area contributed by atoms with Crippen LogP contribution < -0.4 is 0 Å². The summed E-state index contributed by atoms with van der Waals surface area (Å²) in [6.07, 6.45) is -0.280. The largest absolute Gasteiger partial charge is 0.416 e. The van der Waals surface area contributed by atoms with Gasteiger partial charge in [0.25, 0.3) is 0 Å². The zero-order valence-corrected chi connectivity index (χ0v) is 17.8. The monoisotopic (exact) mass is 406 g/mol. The Hall–Kier alpha value is -0.113. The zero-order chi connectivity index (χ0) is 19.8. The van der Waals surface area contributed by atoms with Crippen molar-refractivity contribution in [3.63, 3.8) is 0 Å².